The number of Topliss-reactive ketones (excluding diaryl/α,β-unsaturated/α-hetero) is 1. The monoisotopic (exact) mass is 387 g/mol. The summed E-state index contributed by atoms with van der Waals surface area (Å²) in [6.07, 6.45) is -4.63. The number of ether oxygens (including phenoxy) is 1. The van der Waals surface area contributed by atoms with Crippen molar-refractivity contribution in [3.05, 3.63) is 40.9 Å². The van der Waals surface area contributed by atoms with Gasteiger partial charge in [0.05, 0.1) is 17.9 Å². The van der Waals surface area contributed by atoms with Gasteiger partial charge in [0.25, 0.3) is 5.78 Å². The maximum absolute atomic E-state index is 12.9. The Hall–Kier alpha value is -2.95. The fourth-order valence-corrected chi connectivity index (χ4v) is 2.51. The van der Waals surface area contributed by atoms with Crippen LogP contribution in [0.3, 0.4) is 0 Å². The summed E-state index contributed by atoms with van der Waals surface area (Å²) in [6.45, 7) is 1.54. The lowest BCUT2D eigenvalue weighted by Gasteiger charge is -2.13. The van der Waals surface area contributed by atoms with Crippen LogP contribution in [0, 0.1) is 0 Å². The van der Waals surface area contributed by atoms with Gasteiger partial charge in [-0.2, -0.15) is 13.2 Å². The predicted molar refractivity (Wildman–Crippen MR) is 87.2 cm³/mol. The summed E-state index contributed by atoms with van der Waals surface area (Å²) in [6, 6.07) is 3.48. The molecule has 138 valence electrons. The van der Waals surface area contributed by atoms with Crippen LogP contribution in [0.4, 0.5) is 28.8 Å². The molecule has 1 heterocycles. The van der Waals surface area contributed by atoms with Crippen molar-refractivity contribution >= 4 is 39.9 Å². The third kappa shape index (κ3) is 4.79. The molecule has 7 nitrogen and oxygen atoms in total. The molecule has 2 N–H and O–H groups in total. The average molecular weight is 387 g/mol. The first kappa shape index (κ1) is 19.4. The zero-order valence-corrected chi connectivity index (χ0v) is 14.0. The number of alkyl halides is 3. The molecule has 0 aliphatic carbocycles. The summed E-state index contributed by atoms with van der Waals surface area (Å²) in [7, 11) is 0. The van der Waals surface area contributed by atoms with Gasteiger partial charge >= 0.3 is 18.2 Å². The highest BCUT2D eigenvalue weighted by Gasteiger charge is 2.33. The third-order valence-corrected chi connectivity index (χ3v) is 3.66. The molecule has 0 spiro atoms. The molecule has 0 radical (unpaired) electrons. The summed E-state index contributed by atoms with van der Waals surface area (Å²) < 4.78 is 43.2. The lowest BCUT2D eigenvalue weighted by atomic mass is 10.1. The first-order valence-electron chi connectivity index (χ1n) is 7.13. The lowest BCUT2D eigenvalue weighted by Crippen LogP contribution is -2.22. The van der Waals surface area contributed by atoms with Gasteiger partial charge in [0.1, 0.15) is 5.69 Å². The number of ketones is 1. The Kier molecular flexibility index (Phi) is 5.93. The van der Waals surface area contributed by atoms with Crippen molar-refractivity contribution in [2.24, 2.45) is 0 Å². The Morgan fingerprint density at radius 2 is 1.88 bits per heavy atom. The molecule has 0 fully saturated rings. The van der Waals surface area contributed by atoms with Crippen molar-refractivity contribution < 1.29 is 32.3 Å². The van der Waals surface area contributed by atoms with Crippen molar-refractivity contribution in [2.75, 3.05) is 17.2 Å². The SMILES string of the molecule is CCOC(=O)C(=O)c1csc(NC(=O)Nc2ccccc2C(F)(F)F)n1. The molecule has 0 atom stereocenters. The van der Waals surface area contributed by atoms with Crippen molar-refractivity contribution in [1.82, 2.24) is 4.98 Å². The van der Waals surface area contributed by atoms with Gasteiger partial charge in [-0.05, 0) is 19.1 Å². The van der Waals surface area contributed by atoms with E-state index in [-0.39, 0.29) is 17.4 Å². The fraction of sp³-hybridized carbons (Fsp3) is 0.200. The Labute approximate surface area is 149 Å². The molecule has 0 saturated heterocycles. The highest BCUT2D eigenvalue weighted by molar-refractivity contribution is 7.14. The Morgan fingerprint density at radius 3 is 2.54 bits per heavy atom. The number of hydrogen-bond acceptors (Lipinski definition) is 6. The second-order valence-electron chi connectivity index (χ2n) is 4.71. The van der Waals surface area contributed by atoms with Gasteiger partial charge in [-0.25, -0.2) is 14.6 Å². The van der Waals surface area contributed by atoms with E-state index in [2.05, 4.69) is 20.4 Å². The molecule has 0 aliphatic rings. The first-order valence-corrected chi connectivity index (χ1v) is 8.01. The van der Waals surface area contributed by atoms with Gasteiger partial charge in [-0.3, -0.25) is 10.1 Å². The van der Waals surface area contributed by atoms with Gasteiger partial charge in [-0.1, -0.05) is 12.1 Å². The molecule has 0 unspecified atom stereocenters. The van der Waals surface area contributed by atoms with E-state index in [4.69, 9.17) is 0 Å². The van der Waals surface area contributed by atoms with Gasteiger partial charge < -0.3 is 10.1 Å². The van der Waals surface area contributed by atoms with E-state index in [1.165, 1.54) is 24.4 Å². The number of amides is 2. The highest BCUT2D eigenvalue weighted by atomic mass is 32.1. The summed E-state index contributed by atoms with van der Waals surface area (Å²) in [5.74, 6) is -2.08. The number of thiazole rings is 1. The number of anilines is 2. The topological polar surface area (TPSA) is 97.4 Å². The van der Waals surface area contributed by atoms with Crippen LogP contribution in [0.2, 0.25) is 0 Å². The Bertz CT molecular complexity index is 836. The van der Waals surface area contributed by atoms with E-state index in [1.54, 1.807) is 0 Å². The molecule has 26 heavy (non-hydrogen) atoms. The molecular weight excluding hydrogens is 375 g/mol. The molecule has 11 heteroatoms. The average Bonchev–Trinajstić information content (AvgIpc) is 3.02. The first-order chi connectivity index (χ1) is 12.2. The van der Waals surface area contributed by atoms with Crippen LogP contribution in [-0.2, 0) is 15.7 Å². The molecule has 2 aromatic rings. The molecular formula is C15H12F3N3O4S. The number of aromatic nitrogens is 1. The third-order valence-electron chi connectivity index (χ3n) is 2.90. The second kappa shape index (κ2) is 7.95. The number of benzene rings is 1. The minimum absolute atomic E-state index is 0.0147. The Balaban J connectivity index is 2.06. The molecule has 0 bridgehead atoms. The number of para-hydroxylation sites is 1. The number of carbonyl (C=O) groups excluding carboxylic acids is 3. The minimum Gasteiger partial charge on any atom is -0.460 e. The highest BCUT2D eigenvalue weighted by Crippen LogP contribution is 2.34. The number of esters is 1. The van der Waals surface area contributed by atoms with Crippen LogP contribution < -0.4 is 10.6 Å². The van der Waals surface area contributed by atoms with Crippen molar-refractivity contribution in [3.63, 3.8) is 0 Å². The summed E-state index contributed by atoms with van der Waals surface area (Å²) in [5, 5.41) is 5.42. The van der Waals surface area contributed by atoms with Crippen LogP contribution >= 0.6 is 11.3 Å². The van der Waals surface area contributed by atoms with Crippen LogP contribution in [0.5, 0.6) is 0 Å². The molecule has 2 amide bonds. The number of nitrogens with one attached hydrogen (secondary N) is 2. The van der Waals surface area contributed by atoms with E-state index in [9.17, 15) is 27.6 Å². The molecule has 0 aliphatic heterocycles. The predicted octanol–water partition coefficient (Wildman–Crippen LogP) is 3.55. The smallest absolute Gasteiger partial charge is 0.418 e. The minimum atomic E-state index is -4.63. The van der Waals surface area contributed by atoms with E-state index < -0.39 is 35.2 Å². The number of carbonyl (C=O) groups is 3. The summed E-state index contributed by atoms with van der Waals surface area (Å²) >= 11 is 0.828. The number of rotatable bonds is 5. The van der Waals surface area contributed by atoms with Gasteiger partial charge in [0, 0.05) is 5.38 Å². The lowest BCUT2D eigenvalue weighted by molar-refractivity contribution is -0.138. The standard InChI is InChI=1S/C15H12F3N3O4S/c1-2-25-12(23)11(22)10-7-26-14(20-10)21-13(24)19-9-6-4-3-5-8(9)15(16,17)18/h3-7H,2H2,1H3,(H2,19,20,21,24). The maximum atomic E-state index is 12.9. The van der Waals surface area contributed by atoms with E-state index in [0.717, 1.165) is 23.5 Å². The largest absolute Gasteiger partial charge is 0.460 e. The zero-order chi connectivity index (χ0) is 19.3. The van der Waals surface area contributed by atoms with Crippen molar-refractivity contribution in [3.8, 4) is 0 Å². The maximum Gasteiger partial charge on any atom is 0.418 e. The normalized spacial score (nSPS) is 10.9. The zero-order valence-electron chi connectivity index (χ0n) is 13.2. The van der Waals surface area contributed by atoms with Crippen LogP contribution in [0.25, 0.3) is 0 Å². The molecule has 2 rings (SSSR count). The molecule has 1 aromatic heterocycles. The number of urea groups is 1. The number of nitrogens with zero attached hydrogens (tertiary/aromatic N) is 1. The van der Waals surface area contributed by atoms with Gasteiger partial charge in [0.15, 0.2) is 5.13 Å². The van der Waals surface area contributed by atoms with Crippen molar-refractivity contribution in [2.45, 2.75) is 13.1 Å². The summed E-state index contributed by atoms with van der Waals surface area (Å²) in [4.78, 5) is 38.6. The number of hydrogen-bond donors (Lipinski definition) is 2. The van der Waals surface area contributed by atoms with Gasteiger partial charge in [-0.15, -0.1) is 11.3 Å². The Morgan fingerprint density at radius 1 is 1.19 bits per heavy atom. The van der Waals surface area contributed by atoms with Crippen LogP contribution in [0.1, 0.15) is 23.0 Å². The number of halogens is 3. The fourth-order valence-electron chi connectivity index (χ4n) is 1.83. The van der Waals surface area contributed by atoms with E-state index >= 15 is 0 Å². The van der Waals surface area contributed by atoms with Gasteiger partial charge in [0.2, 0.25) is 0 Å². The van der Waals surface area contributed by atoms with Crippen LogP contribution in [-0.4, -0.2) is 29.4 Å². The van der Waals surface area contributed by atoms with Crippen LogP contribution in [0.15, 0.2) is 29.6 Å². The quantitative estimate of drug-likeness (QED) is 0.465. The van der Waals surface area contributed by atoms with E-state index in [1.807, 2.05) is 0 Å². The molecule has 1 aromatic carbocycles. The summed E-state index contributed by atoms with van der Waals surface area (Å²) in [5.41, 5.74) is -1.68. The van der Waals surface area contributed by atoms with E-state index in [0.29, 0.717) is 0 Å². The second-order valence-corrected chi connectivity index (χ2v) is 5.57. The van der Waals surface area contributed by atoms with Crippen molar-refractivity contribution in [1.29, 1.82) is 0 Å². The molecule has 0 saturated carbocycles.